The third-order valence-electron chi connectivity index (χ3n) is 4.12. The van der Waals surface area contributed by atoms with Crippen molar-refractivity contribution in [3.05, 3.63) is 87.5 Å². The molecule has 0 unspecified atom stereocenters. The second-order valence-electron chi connectivity index (χ2n) is 6.09. The lowest BCUT2D eigenvalue weighted by Crippen LogP contribution is -2.24. The number of pyridine rings is 1. The van der Waals surface area contributed by atoms with Crippen LogP contribution in [0, 0.1) is 6.92 Å². The van der Waals surface area contributed by atoms with Crippen LogP contribution in [0.4, 0.5) is 0 Å². The van der Waals surface area contributed by atoms with Gasteiger partial charge < -0.3 is 11.1 Å². The molecule has 6 heteroatoms. The van der Waals surface area contributed by atoms with E-state index in [-0.39, 0.29) is 5.91 Å². The molecule has 0 aliphatic heterocycles. The van der Waals surface area contributed by atoms with Gasteiger partial charge in [0, 0.05) is 22.1 Å². The van der Waals surface area contributed by atoms with Crippen LogP contribution in [-0.4, -0.2) is 16.8 Å². The first-order chi connectivity index (χ1) is 12.9. The van der Waals surface area contributed by atoms with E-state index in [1.54, 1.807) is 24.3 Å². The molecule has 3 rings (SSSR count). The Morgan fingerprint density at radius 1 is 1.07 bits per heavy atom. The van der Waals surface area contributed by atoms with E-state index in [1.165, 1.54) is 0 Å². The molecule has 1 heterocycles. The predicted octanol–water partition coefficient (Wildman–Crippen LogP) is 3.85. The van der Waals surface area contributed by atoms with E-state index in [0.717, 1.165) is 21.3 Å². The molecule has 0 aliphatic rings. The summed E-state index contributed by atoms with van der Waals surface area (Å²) in [6, 6.07) is 18.3. The highest BCUT2D eigenvalue weighted by molar-refractivity contribution is 9.10. The number of amides is 2. The molecule has 3 aromatic rings. The van der Waals surface area contributed by atoms with Crippen molar-refractivity contribution < 1.29 is 9.59 Å². The fourth-order valence-corrected chi connectivity index (χ4v) is 3.12. The summed E-state index contributed by atoms with van der Waals surface area (Å²) in [7, 11) is 0. The van der Waals surface area contributed by atoms with Gasteiger partial charge in [0.2, 0.25) is 5.91 Å². The molecule has 0 spiro atoms. The number of carbonyl (C=O) groups is 2. The van der Waals surface area contributed by atoms with Crippen LogP contribution in [-0.2, 0) is 6.54 Å². The molecular formula is C21H18BrN3O2. The normalized spacial score (nSPS) is 10.4. The zero-order valence-electron chi connectivity index (χ0n) is 14.7. The van der Waals surface area contributed by atoms with Crippen molar-refractivity contribution in [2.24, 2.45) is 5.73 Å². The first-order valence-corrected chi connectivity index (χ1v) is 9.14. The lowest BCUT2D eigenvalue weighted by atomic mass is 10.1. The molecule has 0 bridgehead atoms. The number of benzene rings is 2. The number of primary amides is 1. The zero-order chi connectivity index (χ0) is 19.4. The number of nitrogens with one attached hydrogen (secondary N) is 1. The summed E-state index contributed by atoms with van der Waals surface area (Å²) in [5.74, 6) is -0.711. The second-order valence-corrected chi connectivity index (χ2v) is 7.00. The van der Waals surface area contributed by atoms with Gasteiger partial charge in [0.1, 0.15) is 0 Å². The minimum absolute atomic E-state index is 0.217. The maximum Gasteiger partial charge on any atom is 0.253 e. The van der Waals surface area contributed by atoms with Crippen molar-refractivity contribution in [3.63, 3.8) is 0 Å². The molecule has 0 saturated heterocycles. The number of carbonyl (C=O) groups excluding carboxylic acids is 2. The van der Waals surface area contributed by atoms with Gasteiger partial charge in [-0.2, -0.15) is 0 Å². The van der Waals surface area contributed by atoms with Crippen LogP contribution in [0.3, 0.4) is 0 Å². The smallest absolute Gasteiger partial charge is 0.253 e. The Kier molecular flexibility index (Phi) is 5.66. The van der Waals surface area contributed by atoms with E-state index >= 15 is 0 Å². The van der Waals surface area contributed by atoms with Gasteiger partial charge in [-0.05, 0) is 48.9 Å². The average Bonchev–Trinajstić information content (AvgIpc) is 2.66. The number of aromatic nitrogens is 1. The Bertz CT molecular complexity index is 1020. The molecule has 2 amide bonds. The van der Waals surface area contributed by atoms with Gasteiger partial charge in [-0.3, -0.25) is 14.6 Å². The quantitative estimate of drug-likeness (QED) is 0.653. The van der Waals surface area contributed by atoms with Gasteiger partial charge in [0.05, 0.1) is 17.0 Å². The molecule has 0 saturated carbocycles. The predicted molar refractivity (Wildman–Crippen MR) is 108 cm³/mol. The van der Waals surface area contributed by atoms with Crippen LogP contribution in [0.25, 0.3) is 11.3 Å². The third-order valence-corrected chi connectivity index (χ3v) is 4.61. The van der Waals surface area contributed by atoms with Crippen molar-refractivity contribution in [2.45, 2.75) is 13.5 Å². The summed E-state index contributed by atoms with van der Waals surface area (Å²) in [4.78, 5) is 28.3. The average molecular weight is 424 g/mol. The van der Waals surface area contributed by atoms with E-state index < -0.39 is 5.91 Å². The maximum absolute atomic E-state index is 12.5. The monoisotopic (exact) mass is 423 g/mol. The highest BCUT2D eigenvalue weighted by atomic mass is 79.9. The fourth-order valence-electron chi connectivity index (χ4n) is 2.72. The Hall–Kier alpha value is -2.99. The van der Waals surface area contributed by atoms with Crippen molar-refractivity contribution in [3.8, 4) is 11.3 Å². The Balaban J connectivity index is 1.73. The Morgan fingerprint density at radius 2 is 1.85 bits per heavy atom. The lowest BCUT2D eigenvalue weighted by molar-refractivity contribution is 0.0949. The summed E-state index contributed by atoms with van der Waals surface area (Å²) in [5.41, 5.74) is 9.44. The molecule has 3 N–H and O–H groups in total. The van der Waals surface area contributed by atoms with E-state index in [4.69, 9.17) is 5.73 Å². The van der Waals surface area contributed by atoms with Crippen LogP contribution in [0.5, 0.6) is 0 Å². The molecule has 0 fully saturated rings. The standard InChI is InChI=1S/C21H18BrN3O2/c1-13-18(8-9-19(25-13)15-5-3-7-17(22)11-15)21(27)24-12-14-4-2-6-16(10-14)20(23)26/h2-11H,12H2,1H3,(H2,23,26)(H,24,27). The van der Waals surface area contributed by atoms with E-state index in [2.05, 4.69) is 26.2 Å². The minimum Gasteiger partial charge on any atom is -0.366 e. The summed E-state index contributed by atoms with van der Waals surface area (Å²) in [6.45, 7) is 2.11. The van der Waals surface area contributed by atoms with Crippen molar-refractivity contribution >= 4 is 27.7 Å². The van der Waals surface area contributed by atoms with Gasteiger partial charge in [-0.1, -0.05) is 40.2 Å². The largest absolute Gasteiger partial charge is 0.366 e. The van der Waals surface area contributed by atoms with Gasteiger partial charge >= 0.3 is 0 Å². The van der Waals surface area contributed by atoms with E-state index in [9.17, 15) is 9.59 Å². The summed E-state index contributed by atoms with van der Waals surface area (Å²) < 4.78 is 0.972. The highest BCUT2D eigenvalue weighted by Crippen LogP contribution is 2.22. The van der Waals surface area contributed by atoms with Gasteiger partial charge in [-0.25, -0.2) is 0 Å². The maximum atomic E-state index is 12.5. The molecule has 1 aromatic heterocycles. The number of hydrogen-bond donors (Lipinski definition) is 2. The first-order valence-electron chi connectivity index (χ1n) is 8.34. The van der Waals surface area contributed by atoms with Gasteiger partial charge in [0.15, 0.2) is 0 Å². The van der Waals surface area contributed by atoms with Crippen LogP contribution in [0.1, 0.15) is 32.0 Å². The Labute approximate surface area is 165 Å². The first kappa shape index (κ1) is 18.8. The van der Waals surface area contributed by atoms with Crippen molar-refractivity contribution in [2.75, 3.05) is 0 Å². The molecule has 136 valence electrons. The number of halogens is 1. The molecular weight excluding hydrogens is 406 g/mol. The van der Waals surface area contributed by atoms with Crippen LogP contribution < -0.4 is 11.1 Å². The topological polar surface area (TPSA) is 85.1 Å². The number of nitrogens with two attached hydrogens (primary N) is 1. The molecule has 0 radical (unpaired) electrons. The number of hydrogen-bond acceptors (Lipinski definition) is 3. The van der Waals surface area contributed by atoms with E-state index in [1.807, 2.05) is 43.3 Å². The zero-order valence-corrected chi connectivity index (χ0v) is 16.3. The van der Waals surface area contributed by atoms with Crippen LogP contribution in [0.2, 0.25) is 0 Å². The molecule has 5 nitrogen and oxygen atoms in total. The fraction of sp³-hybridized carbons (Fsp3) is 0.0952. The summed E-state index contributed by atoms with van der Waals surface area (Å²) in [5, 5.41) is 2.85. The molecule has 2 aromatic carbocycles. The van der Waals surface area contributed by atoms with Crippen LogP contribution in [0.15, 0.2) is 65.1 Å². The number of aryl methyl sites for hydroxylation is 1. The second kappa shape index (κ2) is 8.14. The third kappa shape index (κ3) is 4.60. The number of rotatable bonds is 5. The lowest BCUT2D eigenvalue weighted by Gasteiger charge is -2.10. The molecule has 0 aliphatic carbocycles. The minimum atomic E-state index is -0.494. The van der Waals surface area contributed by atoms with Gasteiger partial charge in [0.25, 0.3) is 5.91 Å². The van der Waals surface area contributed by atoms with Crippen molar-refractivity contribution in [1.82, 2.24) is 10.3 Å². The highest BCUT2D eigenvalue weighted by Gasteiger charge is 2.12. The summed E-state index contributed by atoms with van der Waals surface area (Å²) >= 11 is 3.45. The Morgan fingerprint density at radius 3 is 2.56 bits per heavy atom. The number of nitrogens with zero attached hydrogens (tertiary/aromatic N) is 1. The van der Waals surface area contributed by atoms with E-state index in [0.29, 0.717) is 23.4 Å². The van der Waals surface area contributed by atoms with Crippen molar-refractivity contribution in [1.29, 1.82) is 0 Å². The van der Waals surface area contributed by atoms with Crippen LogP contribution >= 0.6 is 15.9 Å². The SMILES string of the molecule is Cc1nc(-c2cccc(Br)c2)ccc1C(=O)NCc1cccc(C(N)=O)c1. The molecule has 27 heavy (non-hydrogen) atoms. The molecule has 0 atom stereocenters. The van der Waals surface area contributed by atoms with Gasteiger partial charge in [-0.15, -0.1) is 0 Å². The summed E-state index contributed by atoms with van der Waals surface area (Å²) in [6.07, 6.45) is 0.